The van der Waals surface area contributed by atoms with Crippen LogP contribution in [0.1, 0.15) is 18.9 Å². The first-order chi connectivity index (χ1) is 8.24. The van der Waals surface area contributed by atoms with Gasteiger partial charge in [0.25, 0.3) is 0 Å². The maximum absolute atomic E-state index is 4.40. The molecule has 3 nitrogen and oxygen atoms in total. The zero-order chi connectivity index (χ0) is 12.5. The Balaban J connectivity index is 2.40. The monoisotopic (exact) mass is 253 g/mol. The van der Waals surface area contributed by atoms with Gasteiger partial charge >= 0.3 is 0 Å². The lowest BCUT2D eigenvalue weighted by molar-refractivity contribution is 0.437. The van der Waals surface area contributed by atoms with Crippen LogP contribution in [0, 0.1) is 0 Å². The zero-order valence-electron chi connectivity index (χ0n) is 11.1. The largest absolute Gasteiger partial charge is 0.370 e. The molecule has 17 heavy (non-hydrogen) atoms. The first-order valence-electron chi connectivity index (χ1n) is 6.14. The van der Waals surface area contributed by atoms with Crippen LogP contribution in [-0.4, -0.2) is 42.8 Å². The molecular formula is C13H23N3S. The molecule has 4 heteroatoms. The summed E-state index contributed by atoms with van der Waals surface area (Å²) in [5.41, 5.74) is 1.31. The van der Waals surface area contributed by atoms with Gasteiger partial charge in [-0.2, -0.15) is 11.8 Å². The average molecular weight is 253 g/mol. The number of anilines is 1. The van der Waals surface area contributed by atoms with Crippen molar-refractivity contribution in [2.24, 2.45) is 0 Å². The molecule has 0 unspecified atom stereocenters. The average Bonchev–Trinajstić information content (AvgIpc) is 2.33. The van der Waals surface area contributed by atoms with Crippen molar-refractivity contribution in [3.05, 3.63) is 23.9 Å². The van der Waals surface area contributed by atoms with E-state index in [4.69, 9.17) is 0 Å². The zero-order valence-corrected chi connectivity index (χ0v) is 11.9. The topological polar surface area (TPSA) is 28.2 Å². The van der Waals surface area contributed by atoms with Crippen LogP contribution in [0.4, 0.5) is 5.82 Å². The number of nitrogens with one attached hydrogen (secondary N) is 1. The van der Waals surface area contributed by atoms with E-state index >= 15 is 0 Å². The lowest BCUT2D eigenvalue weighted by Crippen LogP contribution is -2.15. The van der Waals surface area contributed by atoms with Crippen LogP contribution in [-0.2, 0) is 5.75 Å². The van der Waals surface area contributed by atoms with Crippen molar-refractivity contribution >= 4 is 17.6 Å². The van der Waals surface area contributed by atoms with Gasteiger partial charge in [0.2, 0.25) is 0 Å². The third-order valence-corrected chi connectivity index (χ3v) is 3.36. The first-order valence-corrected chi connectivity index (χ1v) is 7.29. The molecule has 0 fully saturated rings. The molecule has 0 atom stereocenters. The molecule has 0 spiro atoms. The number of aromatic nitrogens is 1. The summed E-state index contributed by atoms with van der Waals surface area (Å²) in [4.78, 5) is 6.61. The molecule has 1 heterocycles. The normalized spacial score (nSPS) is 10.8. The third kappa shape index (κ3) is 5.94. The molecule has 1 aromatic heterocycles. The van der Waals surface area contributed by atoms with E-state index in [2.05, 4.69) is 42.3 Å². The molecule has 0 aliphatic rings. The Morgan fingerprint density at radius 2 is 2.24 bits per heavy atom. The molecular weight excluding hydrogens is 230 g/mol. The number of pyridine rings is 1. The fourth-order valence-electron chi connectivity index (χ4n) is 1.39. The van der Waals surface area contributed by atoms with Crippen molar-refractivity contribution in [2.45, 2.75) is 19.1 Å². The van der Waals surface area contributed by atoms with E-state index in [1.807, 2.05) is 24.0 Å². The van der Waals surface area contributed by atoms with E-state index in [-0.39, 0.29) is 0 Å². The highest BCUT2D eigenvalue weighted by Gasteiger charge is 2.02. The highest BCUT2D eigenvalue weighted by atomic mass is 32.2. The summed E-state index contributed by atoms with van der Waals surface area (Å²) >= 11 is 1.96. The van der Waals surface area contributed by atoms with E-state index in [1.54, 1.807) is 0 Å². The molecule has 0 bridgehead atoms. The van der Waals surface area contributed by atoms with Crippen LogP contribution in [0.25, 0.3) is 0 Å². The summed E-state index contributed by atoms with van der Waals surface area (Å²) in [5, 5.41) is 3.38. The van der Waals surface area contributed by atoms with E-state index in [0.717, 1.165) is 36.8 Å². The van der Waals surface area contributed by atoms with Crippen LogP contribution in [0.15, 0.2) is 18.3 Å². The lowest BCUT2D eigenvalue weighted by Gasteiger charge is -2.11. The van der Waals surface area contributed by atoms with Gasteiger partial charge in [-0.1, -0.05) is 13.0 Å². The SMILES string of the molecule is CCCNc1ncccc1CSCCN(C)C. The molecule has 1 aromatic rings. The van der Waals surface area contributed by atoms with Crippen molar-refractivity contribution in [2.75, 3.05) is 38.3 Å². The first kappa shape index (κ1) is 14.3. The summed E-state index contributed by atoms with van der Waals surface area (Å²) in [6.07, 6.45) is 2.98. The highest BCUT2D eigenvalue weighted by molar-refractivity contribution is 7.98. The van der Waals surface area contributed by atoms with E-state index < -0.39 is 0 Å². The van der Waals surface area contributed by atoms with Gasteiger partial charge < -0.3 is 10.2 Å². The summed E-state index contributed by atoms with van der Waals surface area (Å²) in [6.45, 7) is 4.29. The van der Waals surface area contributed by atoms with Crippen LogP contribution in [0.3, 0.4) is 0 Å². The Morgan fingerprint density at radius 3 is 2.94 bits per heavy atom. The van der Waals surface area contributed by atoms with Gasteiger partial charge in [0.05, 0.1) is 0 Å². The third-order valence-electron chi connectivity index (χ3n) is 2.37. The molecule has 0 aliphatic carbocycles. The Bertz CT molecular complexity index is 315. The molecule has 0 aromatic carbocycles. The molecule has 1 N–H and O–H groups in total. The smallest absolute Gasteiger partial charge is 0.129 e. The van der Waals surface area contributed by atoms with Gasteiger partial charge in [-0.15, -0.1) is 0 Å². The fourth-order valence-corrected chi connectivity index (χ4v) is 2.48. The van der Waals surface area contributed by atoms with E-state index in [9.17, 15) is 0 Å². The predicted molar refractivity (Wildman–Crippen MR) is 77.7 cm³/mol. The number of thioether (sulfide) groups is 1. The van der Waals surface area contributed by atoms with Crippen molar-refractivity contribution in [1.29, 1.82) is 0 Å². The van der Waals surface area contributed by atoms with Crippen LogP contribution in [0.5, 0.6) is 0 Å². The molecule has 0 amide bonds. The highest BCUT2D eigenvalue weighted by Crippen LogP contribution is 2.18. The molecule has 1 rings (SSSR count). The molecule has 96 valence electrons. The minimum atomic E-state index is 0.992. The maximum Gasteiger partial charge on any atom is 0.129 e. The van der Waals surface area contributed by atoms with Crippen molar-refractivity contribution in [3.63, 3.8) is 0 Å². The van der Waals surface area contributed by atoms with Crippen LogP contribution in [0.2, 0.25) is 0 Å². The van der Waals surface area contributed by atoms with Gasteiger partial charge in [0, 0.05) is 36.4 Å². The van der Waals surface area contributed by atoms with Gasteiger partial charge in [0.15, 0.2) is 0 Å². The van der Waals surface area contributed by atoms with Gasteiger partial charge in [0.1, 0.15) is 5.82 Å². The fraction of sp³-hybridized carbons (Fsp3) is 0.615. The number of rotatable bonds is 8. The maximum atomic E-state index is 4.40. The minimum Gasteiger partial charge on any atom is -0.370 e. The molecule has 0 aliphatic heterocycles. The number of nitrogens with zero attached hydrogens (tertiary/aromatic N) is 2. The van der Waals surface area contributed by atoms with Crippen LogP contribution < -0.4 is 5.32 Å². The quantitative estimate of drug-likeness (QED) is 0.721. The van der Waals surface area contributed by atoms with Crippen molar-refractivity contribution in [1.82, 2.24) is 9.88 Å². The Kier molecular flexibility index (Phi) is 7.05. The van der Waals surface area contributed by atoms with Crippen molar-refractivity contribution in [3.8, 4) is 0 Å². The lowest BCUT2D eigenvalue weighted by atomic mass is 10.3. The van der Waals surface area contributed by atoms with Crippen LogP contribution >= 0.6 is 11.8 Å². The van der Waals surface area contributed by atoms with Gasteiger partial charge in [-0.05, 0) is 26.6 Å². The molecule has 0 radical (unpaired) electrons. The summed E-state index contributed by atoms with van der Waals surface area (Å²) in [7, 11) is 4.22. The Labute approximate surface area is 109 Å². The standard InChI is InChI=1S/C13H23N3S/c1-4-7-14-13-12(6-5-8-15-13)11-17-10-9-16(2)3/h5-6,8H,4,7,9-11H2,1-3H3,(H,14,15). The van der Waals surface area contributed by atoms with Crippen molar-refractivity contribution < 1.29 is 0 Å². The second kappa shape index (κ2) is 8.37. The molecule has 0 saturated heterocycles. The van der Waals surface area contributed by atoms with Gasteiger partial charge in [-0.25, -0.2) is 4.98 Å². The summed E-state index contributed by atoms with van der Waals surface area (Å²) in [5.74, 6) is 3.25. The van der Waals surface area contributed by atoms with Gasteiger partial charge in [-0.3, -0.25) is 0 Å². The summed E-state index contributed by atoms with van der Waals surface area (Å²) in [6, 6.07) is 4.17. The van der Waals surface area contributed by atoms with E-state index in [0.29, 0.717) is 0 Å². The Hall–Kier alpha value is -0.740. The van der Waals surface area contributed by atoms with E-state index in [1.165, 1.54) is 5.56 Å². The minimum absolute atomic E-state index is 0.992. The second-order valence-corrected chi connectivity index (χ2v) is 5.40. The second-order valence-electron chi connectivity index (χ2n) is 4.29. The number of hydrogen-bond acceptors (Lipinski definition) is 4. The molecule has 0 saturated carbocycles. The Morgan fingerprint density at radius 1 is 1.41 bits per heavy atom. The summed E-state index contributed by atoms with van der Waals surface area (Å²) < 4.78 is 0. The number of hydrogen-bond donors (Lipinski definition) is 1. The predicted octanol–water partition coefficient (Wildman–Crippen LogP) is 2.70.